The lowest BCUT2D eigenvalue weighted by Crippen LogP contribution is -2.51. The topological polar surface area (TPSA) is 88.6 Å². The molecular formula is C10H11N3O4S. The maximum Gasteiger partial charge on any atom is 0.350 e. The first-order valence-corrected chi connectivity index (χ1v) is 5.96. The molecule has 8 heteroatoms. The first-order valence-electron chi connectivity index (χ1n) is 5.14. The molecule has 2 rings (SSSR count). The van der Waals surface area contributed by atoms with Crippen LogP contribution in [0.3, 0.4) is 0 Å². The molecule has 1 aliphatic heterocycles. The van der Waals surface area contributed by atoms with Crippen LogP contribution in [0.15, 0.2) is 0 Å². The highest BCUT2D eigenvalue weighted by molar-refractivity contribution is 7.17. The van der Waals surface area contributed by atoms with Crippen molar-refractivity contribution in [3.8, 4) is 0 Å². The van der Waals surface area contributed by atoms with Crippen molar-refractivity contribution in [1.29, 1.82) is 0 Å². The van der Waals surface area contributed by atoms with Crippen LogP contribution in [0.2, 0.25) is 0 Å². The minimum atomic E-state index is -0.468. The molecule has 1 N–H and O–H groups in total. The second-order valence-corrected chi connectivity index (χ2v) is 4.71. The van der Waals surface area contributed by atoms with Gasteiger partial charge in [-0.05, 0) is 6.92 Å². The van der Waals surface area contributed by atoms with E-state index in [1.807, 2.05) is 0 Å². The minimum absolute atomic E-state index is 0.0549. The van der Waals surface area contributed by atoms with Gasteiger partial charge in [0.1, 0.15) is 18.0 Å². The fourth-order valence-electron chi connectivity index (χ4n) is 1.57. The van der Waals surface area contributed by atoms with Crippen molar-refractivity contribution in [3.63, 3.8) is 0 Å². The molecule has 1 fully saturated rings. The van der Waals surface area contributed by atoms with E-state index in [4.69, 9.17) is 0 Å². The summed E-state index contributed by atoms with van der Waals surface area (Å²) in [5.41, 5.74) is 0.528. The predicted molar refractivity (Wildman–Crippen MR) is 63.6 cm³/mol. The summed E-state index contributed by atoms with van der Waals surface area (Å²) >= 11 is 1.11. The standard InChI is InChI=1S/C10H11N3O4S/c1-5-8(9(16)17-2)18-10(11-5)13-3-6(14)12-7(15)4-13/h3-4H2,1-2H3,(H,12,14,15). The van der Waals surface area contributed by atoms with E-state index < -0.39 is 5.97 Å². The number of methoxy groups -OCH3 is 1. The van der Waals surface area contributed by atoms with Crippen molar-refractivity contribution < 1.29 is 19.1 Å². The number of thiazole rings is 1. The number of esters is 1. The van der Waals surface area contributed by atoms with E-state index in [9.17, 15) is 14.4 Å². The lowest BCUT2D eigenvalue weighted by atomic mass is 10.3. The van der Waals surface area contributed by atoms with Gasteiger partial charge in [0.05, 0.1) is 12.8 Å². The Kier molecular flexibility index (Phi) is 3.28. The molecule has 0 saturated carbocycles. The van der Waals surface area contributed by atoms with Crippen LogP contribution in [-0.4, -0.2) is 43.0 Å². The van der Waals surface area contributed by atoms with Gasteiger partial charge >= 0.3 is 5.97 Å². The number of rotatable bonds is 2. The van der Waals surface area contributed by atoms with Crippen LogP contribution in [0.5, 0.6) is 0 Å². The van der Waals surface area contributed by atoms with Crippen molar-refractivity contribution in [3.05, 3.63) is 10.6 Å². The fraction of sp³-hybridized carbons (Fsp3) is 0.400. The number of hydrogen-bond donors (Lipinski definition) is 1. The third-order valence-corrected chi connectivity index (χ3v) is 3.57. The lowest BCUT2D eigenvalue weighted by molar-refractivity contribution is -0.130. The van der Waals surface area contributed by atoms with Crippen LogP contribution in [0.1, 0.15) is 15.4 Å². The van der Waals surface area contributed by atoms with E-state index in [-0.39, 0.29) is 24.9 Å². The minimum Gasteiger partial charge on any atom is -0.465 e. The Balaban J connectivity index is 2.26. The number of aryl methyl sites for hydroxylation is 1. The molecule has 18 heavy (non-hydrogen) atoms. The van der Waals surface area contributed by atoms with Crippen molar-refractivity contribution in [2.45, 2.75) is 6.92 Å². The molecule has 0 atom stereocenters. The quantitative estimate of drug-likeness (QED) is 0.586. The third kappa shape index (κ3) is 2.33. The number of anilines is 1. The number of hydrogen-bond acceptors (Lipinski definition) is 7. The number of imide groups is 1. The first-order chi connectivity index (χ1) is 8.51. The van der Waals surface area contributed by atoms with E-state index >= 15 is 0 Å². The summed E-state index contributed by atoms with van der Waals surface area (Å²) in [6, 6.07) is 0. The van der Waals surface area contributed by atoms with Gasteiger partial charge in [-0.3, -0.25) is 14.9 Å². The molecule has 1 aliphatic rings. The SMILES string of the molecule is COC(=O)c1sc(N2CC(=O)NC(=O)C2)nc1C. The van der Waals surface area contributed by atoms with E-state index in [2.05, 4.69) is 15.0 Å². The van der Waals surface area contributed by atoms with Crippen LogP contribution in [0.4, 0.5) is 5.13 Å². The van der Waals surface area contributed by atoms with E-state index in [1.165, 1.54) is 12.0 Å². The third-order valence-electron chi connectivity index (χ3n) is 2.37. The van der Waals surface area contributed by atoms with Crippen molar-refractivity contribution >= 4 is 34.3 Å². The molecule has 1 aromatic heterocycles. The maximum absolute atomic E-state index is 11.4. The average molecular weight is 269 g/mol. The van der Waals surface area contributed by atoms with E-state index in [0.717, 1.165) is 11.3 Å². The summed E-state index contributed by atoms with van der Waals surface area (Å²) in [4.78, 5) is 40.0. The highest BCUT2D eigenvalue weighted by Gasteiger charge is 2.26. The number of carbonyl (C=O) groups is 3. The molecular weight excluding hydrogens is 258 g/mol. The van der Waals surface area contributed by atoms with Gasteiger partial charge in [-0.15, -0.1) is 0 Å². The van der Waals surface area contributed by atoms with Crippen LogP contribution in [-0.2, 0) is 14.3 Å². The van der Waals surface area contributed by atoms with Crippen LogP contribution < -0.4 is 10.2 Å². The van der Waals surface area contributed by atoms with Crippen molar-refractivity contribution in [1.82, 2.24) is 10.3 Å². The smallest absolute Gasteiger partial charge is 0.350 e. The summed E-state index contributed by atoms with van der Waals surface area (Å²) in [6.07, 6.45) is 0. The van der Waals surface area contributed by atoms with Gasteiger partial charge in [0.25, 0.3) is 0 Å². The highest BCUT2D eigenvalue weighted by atomic mass is 32.1. The number of nitrogens with one attached hydrogen (secondary N) is 1. The van der Waals surface area contributed by atoms with Gasteiger partial charge in [-0.25, -0.2) is 9.78 Å². The predicted octanol–water partition coefficient (Wildman–Crippen LogP) is -0.299. The zero-order valence-corrected chi connectivity index (χ0v) is 10.7. The molecule has 7 nitrogen and oxygen atoms in total. The number of ether oxygens (including phenoxy) is 1. The number of nitrogens with zero attached hydrogens (tertiary/aromatic N) is 2. The van der Waals surface area contributed by atoms with Crippen molar-refractivity contribution in [2.24, 2.45) is 0 Å². The Morgan fingerprint density at radius 2 is 2.00 bits per heavy atom. The number of amides is 2. The zero-order valence-electron chi connectivity index (χ0n) is 9.85. The second-order valence-electron chi connectivity index (χ2n) is 3.73. The molecule has 0 aromatic carbocycles. The highest BCUT2D eigenvalue weighted by Crippen LogP contribution is 2.26. The summed E-state index contributed by atoms with van der Waals surface area (Å²) in [5.74, 6) is -1.22. The largest absolute Gasteiger partial charge is 0.465 e. The molecule has 1 saturated heterocycles. The summed E-state index contributed by atoms with van der Waals surface area (Å²) in [7, 11) is 1.29. The molecule has 0 radical (unpaired) electrons. The molecule has 0 bridgehead atoms. The maximum atomic E-state index is 11.4. The fourth-order valence-corrected chi connectivity index (χ4v) is 2.56. The first kappa shape index (κ1) is 12.5. The Labute approximate surface area is 107 Å². The van der Waals surface area contributed by atoms with E-state index in [1.54, 1.807) is 6.92 Å². The Hall–Kier alpha value is -1.96. The van der Waals surface area contributed by atoms with Crippen LogP contribution in [0, 0.1) is 6.92 Å². The number of carbonyl (C=O) groups excluding carboxylic acids is 3. The normalized spacial score (nSPS) is 15.6. The van der Waals surface area contributed by atoms with Gasteiger partial charge in [0, 0.05) is 0 Å². The van der Waals surface area contributed by atoms with Gasteiger partial charge in [0.15, 0.2) is 5.13 Å². The average Bonchev–Trinajstić information content (AvgIpc) is 2.69. The molecule has 96 valence electrons. The second kappa shape index (κ2) is 4.73. The van der Waals surface area contributed by atoms with Gasteiger partial charge < -0.3 is 9.64 Å². The summed E-state index contributed by atoms with van der Waals surface area (Å²) in [6.45, 7) is 1.79. The number of aromatic nitrogens is 1. The zero-order chi connectivity index (χ0) is 13.3. The summed E-state index contributed by atoms with van der Waals surface area (Å²) < 4.78 is 4.63. The Bertz CT molecular complexity index is 509. The van der Waals surface area contributed by atoms with Gasteiger partial charge in [-0.1, -0.05) is 11.3 Å². The Morgan fingerprint density at radius 1 is 1.39 bits per heavy atom. The van der Waals surface area contributed by atoms with Gasteiger partial charge in [0.2, 0.25) is 11.8 Å². The molecule has 1 aromatic rings. The molecule has 0 unspecified atom stereocenters. The van der Waals surface area contributed by atoms with Crippen LogP contribution in [0.25, 0.3) is 0 Å². The molecule has 2 amide bonds. The lowest BCUT2D eigenvalue weighted by Gasteiger charge is -2.24. The van der Waals surface area contributed by atoms with Crippen LogP contribution >= 0.6 is 11.3 Å². The van der Waals surface area contributed by atoms with E-state index in [0.29, 0.717) is 15.7 Å². The van der Waals surface area contributed by atoms with Crippen molar-refractivity contribution in [2.75, 3.05) is 25.1 Å². The van der Waals surface area contributed by atoms with Gasteiger partial charge in [-0.2, -0.15) is 0 Å². The Morgan fingerprint density at radius 3 is 2.56 bits per heavy atom. The monoisotopic (exact) mass is 269 g/mol. The molecule has 2 heterocycles. The summed E-state index contributed by atoms with van der Waals surface area (Å²) in [5, 5.41) is 2.67. The molecule has 0 spiro atoms. The number of piperazine rings is 1. The molecule has 0 aliphatic carbocycles.